The largest absolute Gasteiger partial charge is 0.274 e. The first-order chi connectivity index (χ1) is 10.1. The molecule has 0 bridgehead atoms. The van der Waals surface area contributed by atoms with Gasteiger partial charge in [-0.25, -0.2) is 13.8 Å². The van der Waals surface area contributed by atoms with Gasteiger partial charge in [-0.15, -0.1) is 0 Å². The van der Waals surface area contributed by atoms with Gasteiger partial charge in [0.25, 0.3) is 0 Å². The number of aromatic nitrogens is 5. The molecule has 0 amide bonds. The van der Waals surface area contributed by atoms with Crippen molar-refractivity contribution in [3.63, 3.8) is 0 Å². The summed E-state index contributed by atoms with van der Waals surface area (Å²) in [6.45, 7) is 0. The second kappa shape index (κ2) is 5.45. The molecule has 0 saturated carbocycles. The average Bonchev–Trinajstić information content (AvgIpc) is 2.97. The molecule has 0 fully saturated rings. The Hall–Kier alpha value is -1.93. The molecule has 0 radical (unpaired) electrons. The smallest absolute Gasteiger partial charge is 0.239 e. The maximum Gasteiger partial charge on any atom is 0.239 e. The van der Waals surface area contributed by atoms with Crippen molar-refractivity contribution in [3.8, 4) is 17.3 Å². The highest BCUT2D eigenvalue weighted by Gasteiger charge is 2.19. The van der Waals surface area contributed by atoms with Crippen molar-refractivity contribution in [2.45, 2.75) is 0 Å². The van der Waals surface area contributed by atoms with Gasteiger partial charge in [0.2, 0.25) is 11.2 Å². The number of halogens is 4. The van der Waals surface area contributed by atoms with Crippen molar-refractivity contribution in [3.05, 3.63) is 52.2 Å². The molecule has 0 N–H and O–H groups in total. The summed E-state index contributed by atoms with van der Waals surface area (Å²) in [6, 6.07) is 2.37. The lowest BCUT2D eigenvalue weighted by atomic mass is 10.2. The standard InChI is InChI=1S/C12H5BrClF2N5/c13-6-1-2-7(15)8(9(6)16)10-18-11(14)20-12(19-10)21-4-3-17-5-21/h1-5H. The molecule has 2 aromatic heterocycles. The van der Waals surface area contributed by atoms with E-state index in [1.165, 1.54) is 23.2 Å². The molecule has 0 spiro atoms. The summed E-state index contributed by atoms with van der Waals surface area (Å²) in [5.74, 6) is -1.69. The normalized spacial score (nSPS) is 10.9. The number of rotatable bonds is 2. The third-order valence-electron chi connectivity index (χ3n) is 2.60. The van der Waals surface area contributed by atoms with Crippen molar-refractivity contribution in [1.82, 2.24) is 24.5 Å². The summed E-state index contributed by atoms with van der Waals surface area (Å²) in [5, 5.41) is -0.178. The Morgan fingerprint density at radius 2 is 1.95 bits per heavy atom. The van der Waals surface area contributed by atoms with Gasteiger partial charge in [-0.1, -0.05) is 0 Å². The van der Waals surface area contributed by atoms with E-state index in [2.05, 4.69) is 35.9 Å². The van der Waals surface area contributed by atoms with Gasteiger partial charge in [-0.3, -0.25) is 4.57 Å². The van der Waals surface area contributed by atoms with Gasteiger partial charge in [0, 0.05) is 12.4 Å². The maximum atomic E-state index is 14.1. The van der Waals surface area contributed by atoms with Gasteiger partial charge < -0.3 is 0 Å². The Morgan fingerprint density at radius 1 is 1.14 bits per heavy atom. The summed E-state index contributed by atoms with van der Waals surface area (Å²) in [4.78, 5) is 15.5. The van der Waals surface area contributed by atoms with Crippen molar-refractivity contribution >= 4 is 27.5 Å². The predicted molar refractivity (Wildman–Crippen MR) is 75.0 cm³/mol. The Morgan fingerprint density at radius 3 is 2.67 bits per heavy atom. The SMILES string of the molecule is Fc1ccc(Br)c(F)c1-c1nc(Cl)nc(-n2ccnc2)n1. The van der Waals surface area contributed by atoms with Gasteiger partial charge in [0.05, 0.1) is 10.0 Å². The molecule has 0 saturated heterocycles. The van der Waals surface area contributed by atoms with E-state index in [-0.39, 0.29) is 27.1 Å². The van der Waals surface area contributed by atoms with Crippen molar-refractivity contribution in [1.29, 1.82) is 0 Å². The van der Waals surface area contributed by atoms with E-state index in [1.807, 2.05) is 0 Å². The fourth-order valence-electron chi connectivity index (χ4n) is 1.68. The molecule has 0 unspecified atom stereocenters. The Labute approximate surface area is 130 Å². The van der Waals surface area contributed by atoms with E-state index in [9.17, 15) is 8.78 Å². The quantitative estimate of drug-likeness (QED) is 0.647. The zero-order valence-electron chi connectivity index (χ0n) is 10.1. The molecule has 9 heteroatoms. The lowest BCUT2D eigenvalue weighted by Gasteiger charge is -2.07. The molecule has 0 aliphatic carbocycles. The molecular formula is C12H5BrClF2N5. The van der Waals surface area contributed by atoms with Crippen LogP contribution in [0.1, 0.15) is 0 Å². The molecule has 0 atom stereocenters. The van der Waals surface area contributed by atoms with Crippen LogP contribution in [0.4, 0.5) is 8.78 Å². The van der Waals surface area contributed by atoms with E-state index >= 15 is 0 Å². The van der Waals surface area contributed by atoms with E-state index in [1.54, 1.807) is 6.20 Å². The van der Waals surface area contributed by atoms with Gasteiger partial charge in [-0.05, 0) is 39.7 Å². The van der Waals surface area contributed by atoms with E-state index in [0.29, 0.717) is 0 Å². The molecule has 0 aliphatic heterocycles. The van der Waals surface area contributed by atoms with Crippen LogP contribution in [0.5, 0.6) is 0 Å². The second-order valence-corrected chi connectivity index (χ2v) is 5.11. The summed E-state index contributed by atoms with van der Waals surface area (Å²) < 4.78 is 29.5. The fourth-order valence-corrected chi connectivity index (χ4v) is 2.16. The predicted octanol–water partition coefficient (Wildman–Crippen LogP) is 3.42. The summed E-state index contributed by atoms with van der Waals surface area (Å²) in [6.07, 6.45) is 4.52. The first-order valence-electron chi connectivity index (χ1n) is 5.60. The van der Waals surface area contributed by atoms with Crippen LogP contribution < -0.4 is 0 Å². The Bertz CT molecular complexity index is 810. The number of imidazole rings is 1. The van der Waals surface area contributed by atoms with E-state index in [4.69, 9.17) is 11.6 Å². The second-order valence-electron chi connectivity index (χ2n) is 3.92. The number of benzene rings is 1. The highest BCUT2D eigenvalue weighted by Crippen LogP contribution is 2.29. The third kappa shape index (κ3) is 2.64. The van der Waals surface area contributed by atoms with Crippen LogP contribution in [0.15, 0.2) is 35.3 Å². The minimum absolute atomic E-state index is 0.0969. The van der Waals surface area contributed by atoms with Crippen molar-refractivity contribution in [2.75, 3.05) is 0 Å². The number of hydrogen-bond donors (Lipinski definition) is 0. The first-order valence-corrected chi connectivity index (χ1v) is 6.77. The fraction of sp³-hybridized carbons (Fsp3) is 0. The molecular weight excluding hydrogens is 368 g/mol. The van der Waals surface area contributed by atoms with Gasteiger partial charge >= 0.3 is 0 Å². The molecule has 2 heterocycles. The van der Waals surface area contributed by atoms with Crippen LogP contribution in [0.25, 0.3) is 17.3 Å². The summed E-state index contributed by atoms with van der Waals surface area (Å²) in [7, 11) is 0. The third-order valence-corrected chi connectivity index (χ3v) is 3.38. The lowest BCUT2D eigenvalue weighted by Crippen LogP contribution is -2.05. The minimum atomic E-state index is -0.811. The van der Waals surface area contributed by atoms with Crippen LogP contribution in [0.2, 0.25) is 5.28 Å². The zero-order valence-corrected chi connectivity index (χ0v) is 12.5. The van der Waals surface area contributed by atoms with Crippen LogP contribution in [-0.2, 0) is 0 Å². The zero-order chi connectivity index (χ0) is 15.0. The van der Waals surface area contributed by atoms with E-state index < -0.39 is 11.6 Å². The molecule has 3 aromatic rings. The molecule has 1 aromatic carbocycles. The average molecular weight is 373 g/mol. The molecule has 3 rings (SSSR count). The molecule has 106 valence electrons. The Kier molecular flexibility index (Phi) is 3.64. The maximum absolute atomic E-state index is 14.1. The van der Waals surface area contributed by atoms with Crippen LogP contribution >= 0.6 is 27.5 Å². The summed E-state index contributed by atoms with van der Waals surface area (Å²) in [5.41, 5.74) is -0.380. The van der Waals surface area contributed by atoms with Gasteiger partial charge in [0.1, 0.15) is 12.1 Å². The highest BCUT2D eigenvalue weighted by atomic mass is 79.9. The van der Waals surface area contributed by atoms with Crippen molar-refractivity contribution in [2.24, 2.45) is 0 Å². The van der Waals surface area contributed by atoms with Gasteiger partial charge in [-0.2, -0.15) is 15.0 Å². The monoisotopic (exact) mass is 371 g/mol. The van der Waals surface area contributed by atoms with Crippen molar-refractivity contribution < 1.29 is 8.78 Å². The van der Waals surface area contributed by atoms with Gasteiger partial charge in [0.15, 0.2) is 11.6 Å². The lowest BCUT2D eigenvalue weighted by molar-refractivity contribution is 0.583. The van der Waals surface area contributed by atoms with Crippen LogP contribution in [-0.4, -0.2) is 24.5 Å². The summed E-state index contributed by atoms with van der Waals surface area (Å²) >= 11 is 8.80. The number of nitrogens with zero attached hydrogens (tertiary/aromatic N) is 5. The first kappa shape index (κ1) is 14.0. The topological polar surface area (TPSA) is 56.5 Å². The Balaban J connectivity index is 2.23. The minimum Gasteiger partial charge on any atom is -0.274 e. The molecule has 5 nitrogen and oxygen atoms in total. The molecule has 21 heavy (non-hydrogen) atoms. The number of hydrogen-bond acceptors (Lipinski definition) is 4. The molecule has 0 aliphatic rings. The highest BCUT2D eigenvalue weighted by molar-refractivity contribution is 9.10. The van der Waals surface area contributed by atoms with E-state index in [0.717, 1.165) is 6.07 Å². The van der Waals surface area contributed by atoms with Crippen LogP contribution in [0.3, 0.4) is 0 Å². The van der Waals surface area contributed by atoms with Crippen LogP contribution in [0, 0.1) is 11.6 Å².